The fraction of sp³-hybridized carbons (Fsp3) is 0.200. The summed E-state index contributed by atoms with van der Waals surface area (Å²) >= 11 is 0.910. The Labute approximate surface area is 128 Å². The average molecular weight is 302 g/mol. The first-order chi connectivity index (χ1) is 11.4. The molecule has 0 bridgehead atoms. The van der Waals surface area contributed by atoms with Gasteiger partial charge in [0.05, 0.1) is 16.3 Å². The Hall–Kier alpha value is -2.18. The average Bonchev–Trinajstić information content (AvgIpc) is 3.05. The number of benzene rings is 1. The van der Waals surface area contributed by atoms with Crippen LogP contribution >= 0.6 is 11.3 Å². The molecule has 2 aromatic heterocycles. The molecule has 1 aliphatic heterocycles. The number of nitrogens with two attached hydrogens (primary N) is 1. The summed E-state index contributed by atoms with van der Waals surface area (Å²) < 4.78 is 29.7. The molecule has 0 radical (unpaired) electrons. The lowest BCUT2D eigenvalue weighted by molar-refractivity contribution is 0.334. The van der Waals surface area contributed by atoms with Gasteiger partial charge in [0.1, 0.15) is 12.4 Å². The number of ether oxygens (including phenoxy) is 1. The molecule has 4 rings (SSSR count). The largest absolute Gasteiger partial charge is 0.490 e. The van der Waals surface area contributed by atoms with Crippen molar-refractivity contribution in [3.63, 3.8) is 0 Å². The molecule has 3 aromatic rings. The number of aromatic nitrogens is 2. The first-order valence-corrected chi connectivity index (χ1v) is 7.20. The van der Waals surface area contributed by atoms with Gasteiger partial charge in [0, 0.05) is 34.6 Å². The fourth-order valence-corrected chi connectivity index (χ4v) is 3.37. The third-order valence-corrected chi connectivity index (χ3v) is 4.53. The molecule has 0 amide bonds. The van der Waals surface area contributed by atoms with E-state index in [1.54, 1.807) is 30.6 Å². The Morgan fingerprint density at radius 3 is 3.29 bits per heavy atom. The molecule has 2 N–H and O–H groups in total. The highest BCUT2D eigenvalue weighted by Gasteiger charge is 2.24. The van der Waals surface area contributed by atoms with Gasteiger partial charge in [-0.2, -0.15) is 0 Å². The van der Waals surface area contributed by atoms with E-state index < -0.39 is 11.8 Å². The molecule has 0 unspecified atom stereocenters. The topological polar surface area (TPSA) is 70.1 Å². The molecule has 5 nitrogen and oxygen atoms in total. The summed E-state index contributed by atoms with van der Waals surface area (Å²) in [7, 11) is 0. The molecular weight excluding hydrogens is 286 g/mol. The lowest BCUT2D eigenvalue weighted by Crippen LogP contribution is -2.10. The molecule has 6 heteroatoms. The van der Waals surface area contributed by atoms with E-state index in [9.17, 15) is 4.79 Å². The van der Waals surface area contributed by atoms with Crippen LogP contribution in [0.2, 0.25) is 0 Å². The minimum Gasteiger partial charge on any atom is -0.490 e. The highest BCUT2D eigenvalue weighted by atomic mass is 32.1. The minimum atomic E-state index is -2.50. The van der Waals surface area contributed by atoms with Crippen LogP contribution in [0.5, 0.6) is 5.75 Å². The minimum absolute atomic E-state index is 0.205. The molecule has 3 heterocycles. The molecule has 0 spiro atoms. The van der Waals surface area contributed by atoms with Crippen LogP contribution in [0.25, 0.3) is 21.3 Å². The highest BCUT2D eigenvalue weighted by Crippen LogP contribution is 2.39. The maximum Gasteiger partial charge on any atom is 0.307 e. The summed E-state index contributed by atoms with van der Waals surface area (Å²) in [5.41, 5.74) is 8.81. The van der Waals surface area contributed by atoms with Crippen LogP contribution in [-0.2, 0) is 6.98 Å². The normalized spacial score (nSPS) is 19.7. The van der Waals surface area contributed by atoms with Gasteiger partial charge in [-0.3, -0.25) is 9.78 Å². The second-order valence-electron chi connectivity index (χ2n) is 4.91. The number of hydrogen-bond acceptors (Lipinski definition) is 5. The van der Waals surface area contributed by atoms with E-state index in [1.807, 2.05) is 0 Å². The predicted octanol–water partition coefficient (Wildman–Crippen LogP) is 2.05. The van der Waals surface area contributed by atoms with Crippen molar-refractivity contribution in [1.82, 2.24) is 9.55 Å². The smallest absolute Gasteiger partial charge is 0.307 e. The molecule has 21 heavy (non-hydrogen) atoms. The van der Waals surface area contributed by atoms with E-state index in [1.165, 1.54) is 0 Å². The molecule has 0 saturated carbocycles. The van der Waals surface area contributed by atoms with E-state index in [2.05, 4.69) is 4.98 Å². The molecule has 0 aliphatic carbocycles. The lowest BCUT2D eigenvalue weighted by atomic mass is 10.0. The van der Waals surface area contributed by atoms with E-state index in [4.69, 9.17) is 14.6 Å². The second-order valence-corrected chi connectivity index (χ2v) is 5.90. The van der Waals surface area contributed by atoms with Crippen molar-refractivity contribution >= 4 is 21.6 Å². The summed E-state index contributed by atoms with van der Waals surface area (Å²) in [4.78, 5) is 15.7. The molecule has 0 fully saturated rings. The SMILES string of the molecule is [2H]C([2H])([2H])n1c(=O)sc2cc(-c3cncc4c3OC[C@H]4N)ccc21. The third-order valence-electron chi connectivity index (χ3n) is 3.62. The number of hydrogen-bond donors (Lipinski definition) is 1. The lowest BCUT2D eigenvalue weighted by Gasteiger charge is -2.07. The fourth-order valence-electron chi connectivity index (χ4n) is 2.54. The van der Waals surface area contributed by atoms with Crippen molar-refractivity contribution in [2.75, 3.05) is 6.61 Å². The maximum atomic E-state index is 12.0. The number of rotatable bonds is 1. The van der Waals surface area contributed by atoms with Gasteiger partial charge in [-0.05, 0) is 17.7 Å². The van der Waals surface area contributed by atoms with Crippen LogP contribution in [0.15, 0.2) is 35.4 Å². The number of nitrogens with zero attached hydrogens (tertiary/aromatic N) is 2. The zero-order valence-electron chi connectivity index (χ0n) is 13.9. The Morgan fingerprint density at radius 2 is 2.43 bits per heavy atom. The van der Waals surface area contributed by atoms with E-state index in [-0.39, 0.29) is 6.04 Å². The van der Waals surface area contributed by atoms with Crippen LogP contribution < -0.4 is 15.3 Å². The molecule has 0 saturated heterocycles. The Bertz CT molecular complexity index is 1010. The van der Waals surface area contributed by atoms with E-state index in [0.717, 1.165) is 32.6 Å². The maximum absolute atomic E-state index is 12.0. The first kappa shape index (κ1) is 9.70. The summed E-state index contributed by atoms with van der Waals surface area (Å²) in [5.74, 6) is 0.694. The molecule has 1 aromatic carbocycles. The van der Waals surface area contributed by atoms with Gasteiger partial charge < -0.3 is 15.0 Å². The standard InChI is InChI=1S/C15H13N3O2S/c1-18-12-3-2-8(4-13(12)21-15(18)19)9-5-17-6-10-11(16)7-20-14(9)10/h2-6,11H,7,16H2,1H3/t11-/m1/s1/i1D3. The van der Waals surface area contributed by atoms with Crippen LogP contribution in [0, 0.1) is 0 Å². The van der Waals surface area contributed by atoms with Gasteiger partial charge in [0.2, 0.25) is 0 Å². The van der Waals surface area contributed by atoms with Gasteiger partial charge in [-0.25, -0.2) is 0 Å². The summed E-state index contributed by atoms with van der Waals surface area (Å²) in [6, 6.07) is 4.99. The van der Waals surface area contributed by atoms with E-state index >= 15 is 0 Å². The molecule has 106 valence electrons. The van der Waals surface area contributed by atoms with Crippen molar-refractivity contribution in [2.45, 2.75) is 6.04 Å². The summed E-state index contributed by atoms with van der Waals surface area (Å²) in [6.07, 6.45) is 3.38. The zero-order chi connectivity index (χ0) is 17.1. The molecule has 1 aliphatic rings. The predicted molar refractivity (Wildman–Crippen MR) is 82.7 cm³/mol. The number of aryl methyl sites for hydroxylation is 1. The van der Waals surface area contributed by atoms with Crippen LogP contribution in [0.3, 0.4) is 0 Å². The number of fused-ring (bicyclic) bond motifs is 2. The Morgan fingerprint density at radius 1 is 1.52 bits per heavy atom. The van der Waals surface area contributed by atoms with Crippen molar-refractivity contribution in [3.05, 3.63) is 45.8 Å². The number of pyridine rings is 1. The van der Waals surface area contributed by atoms with Crippen molar-refractivity contribution in [2.24, 2.45) is 12.7 Å². The first-order valence-electron chi connectivity index (χ1n) is 7.89. The molecule has 1 atom stereocenters. The summed E-state index contributed by atoms with van der Waals surface area (Å²) in [5, 5.41) is 0. The monoisotopic (exact) mass is 302 g/mol. The van der Waals surface area contributed by atoms with Gasteiger partial charge in [-0.1, -0.05) is 17.4 Å². The van der Waals surface area contributed by atoms with Crippen LogP contribution in [0.1, 0.15) is 15.7 Å². The van der Waals surface area contributed by atoms with Crippen molar-refractivity contribution in [1.29, 1.82) is 0 Å². The van der Waals surface area contributed by atoms with Crippen LogP contribution in [0.4, 0.5) is 0 Å². The van der Waals surface area contributed by atoms with Crippen LogP contribution in [-0.4, -0.2) is 16.2 Å². The Kier molecular flexibility index (Phi) is 2.04. The van der Waals surface area contributed by atoms with Crippen molar-refractivity contribution < 1.29 is 8.85 Å². The third kappa shape index (κ3) is 1.80. The van der Waals surface area contributed by atoms with Gasteiger partial charge in [0.25, 0.3) is 0 Å². The van der Waals surface area contributed by atoms with Gasteiger partial charge in [-0.15, -0.1) is 0 Å². The highest BCUT2D eigenvalue weighted by molar-refractivity contribution is 7.16. The second kappa shape index (κ2) is 4.41. The van der Waals surface area contributed by atoms with E-state index in [0.29, 0.717) is 22.6 Å². The quantitative estimate of drug-likeness (QED) is 0.747. The zero-order valence-corrected chi connectivity index (χ0v) is 11.7. The van der Waals surface area contributed by atoms with Crippen molar-refractivity contribution in [3.8, 4) is 16.9 Å². The summed E-state index contributed by atoms with van der Waals surface area (Å²) in [6.45, 7) is -2.10. The molecular formula is C15H13N3O2S. The van der Waals surface area contributed by atoms with Gasteiger partial charge >= 0.3 is 4.87 Å². The van der Waals surface area contributed by atoms with Gasteiger partial charge in [0.15, 0.2) is 0 Å². The number of thiazole rings is 1. The Balaban J connectivity index is 1.91.